The molecule has 0 aromatic carbocycles. The SMILES string of the molecule is C=C(/C=C\CC=C(C)C)c1nc(C2CCOCC2)oc1SC1=CCC=C(Cl)C=C1. The molecule has 0 atom stereocenters. The summed E-state index contributed by atoms with van der Waals surface area (Å²) in [6.45, 7) is 9.96. The quantitative estimate of drug-likeness (QED) is 0.331. The second-order valence-electron chi connectivity index (χ2n) is 7.39. The van der Waals surface area contributed by atoms with Gasteiger partial charge in [-0.15, -0.1) is 0 Å². The van der Waals surface area contributed by atoms with Crippen LogP contribution in [0.4, 0.5) is 0 Å². The molecule has 3 rings (SSSR count). The highest BCUT2D eigenvalue weighted by Crippen LogP contribution is 2.38. The molecule has 0 bridgehead atoms. The van der Waals surface area contributed by atoms with Crippen molar-refractivity contribution in [3.05, 3.63) is 76.2 Å². The first-order valence-electron chi connectivity index (χ1n) is 10.0. The van der Waals surface area contributed by atoms with E-state index in [9.17, 15) is 0 Å². The number of allylic oxidation sites excluding steroid dienone is 10. The fourth-order valence-electron chi connectivity index (χ4n) is 3.07. The summed E-state index contributed by atoms with van der Waals surface area (Å²) >= 11 is 7.71. The minimum Gasteiger partial charge on any atom is -0.433 e. The summed E-state index contributed by atoms with van der Waals surface area (Å²) in [5.41, 5.74) is 2.99. The van der Waals surface area contributed by atoms with Gasteiger partial charge >= 0.3 is 0 Å². The Morgan fingerprint density at radius 1 is 1.28 bits per heavy atom. The number of ether oxygens (including phenoxy) is 1. The highest BCUT2D eigenvalue weighted by atomic mass is 35.5. The molecule has 2 heterocycles. The van der Waals surface area contributed by atoms with Crippen LogP contribution in [0.1, 0.15) is 57.0 Å². The van der Waals surface area contributed by atoms with Gasteiger partial charge in [-0.2, -0.15) is 0 Å². The second kappa shape index (κ2) is 10.9. The zero-order valence-electron chi connectivity index (χ0n) is 17.1. The van der Waals surface area contributed by atoms with E-state index in [2.05, 4.69) is 38.7 Å². The summed E-state index contributed by atoms with van der Waals surface area (Å²) in [4.78, 5) is 5.94. The van der Waals surface area contributed by atoms with Crippen molar-refractivity contribution < 1.29 is 9.15 Å². The fourth-order valence-corrected chi connectivity index (χ4v) is 4.16. The molecule has 1 aliphatic carbocycles. The van der Waals surface area contributed by atoms with Gasteiger partial charge in [0.2, 0.25) is 0 Å². The Kier molecular flexibility index (Phi) is 8.22. The molecule has 2 aliphatic rings. The first-order chi connectivity index (χ1) is 14.0. The molecule has 0 N–H and O–H groups in total. The minimum atomic E-state index is 0.300. The molecule has 1 aromatic rings. The van der Waals surface area contributed by atoms with Crippen molar-refractivity contribution in [2.45, 2.75) is 50.5 Å². The van der Waals surface area contributed by atoms with Crippen LogP contribution in [0.3, 0.4) is 0 Å². The Morgan fingerprint density at radius 3 is 2.83 bits per heavy atom. The van der Waals surface area contributed by atoms with Crippen molar-refractivity contribution in [2.75, 3.05) is 13.2 Å². The second-order valence-corrected chi connectivity index (χ2v) is 8.87. The van der Waals surface area contributed by atoms with Crippen LogP contribution in [0, 0.1) is 0 Å². The fraction of sp³-hybridized carbons (Fsp3) is 0.375. The van der Waals surface area contributed by atoms with E-state index in [1.807, 2.05) is 24.3 Å². The average molecular weight is 430 g/mol. The van der Waals surface area contributed by atoms with E-state index in [0.29, 0.717) is 5.92 Å². The number of halogens is 1. The summed E-state index contributed by atoms with van der Waals surface area (Å²) in [6, 6.07) is 0. The molecule has 1 aromatic heterocycles. The maximum absolute atomic E-state index is 6.26. The Morgan fingerprint density at radius 2 is 2.07 bits per heavy atom. The molecule has 1 aliphatic heterocycles. The van der Waals surface area contributed by atoms with Crippen LogP contribution in [0.2, 0.25) is 0 Å². The molecule has 0 unspecified atom stereocenters. The lowest BCUT2D eigenvalue weighted by Gasteiger charge is -2.18. The van der Waals surface area contributed by atoms with Crippen molar-refractivity contribution in [3.8, 4) is 0 Å². The van der Waals surface area contributed by atoms with Crippen molar-refractivity contribution >= 4 is 28.9 Å². The Balaban J connectivity index is 1.83. The van der Waals surface area contributed by atoms with Crippen LogP contribution in [-0.4, -0.2) is 18.2 Å². The lowest BCUT2D eigenvalue weighted by atomic mass is 10.0. The number of nitrogens with zero attached hydrogens (tertiary/aromatic N) is 1. The molecular weight excluding hydrogens is 402 g/mol. The number of hydrogen-bond donors (Lipinski definition) is 0. The van der Waals surface area contributed by atoms with Crippen molar-refractivity contribution in [3.63, 3.8) is 0 Å². The molecule has 0 saturated carbocycles. The first kappa shape index (κ1) is 21.9. The van der Waals surface area contributed by atoms with Gasteiger partial charge in [0.15, 0.2) is 11.0 Å². The summed E-state index contributed by atoms with van der Waals surface area (Å²) in [5, 5.41) is 1.54. The van der Waals surface area contributed by atoms with Crippen molar-refractivity contribution in [1.29, 1.82) is 0 Å². The largest absolute Gasteiger partial charge is 0.433 e. The van der Waals surface area contributed by atoms with Crippen LogP contribution in [-0.2, 0) is 4.74 Å². The Labute approximate surface area is 182 Å². The summed E-state index contributed by atoms with van der Waals surface area (Å²) < 4.78 is 11.7. The molecule has 0 radical (unpaired) electrons. The first-order valence-corrected chi connectivity index (χ1v) is 11.2. The smallest absolute Gasteiger partial charge is 0.199 e. The van der Waals surface area contributed by atoms with E-state index in [1.165, 1.54) is 5.57 Å². The van der Waals surface area contributed by atoms with Gasteiger partial charge in [-0.3, -0.25) is 0 Å². The predicted octanol–water partition coefficient (Wildman–Crippen LogP) is 7.55. The van der Waals surface area contributed by atoms with Gasteiger partial charge in [-0.05, 0) is 57.3 Å². The third kappa shape index (κ3) is 6.63. The number of thioether (sulfide) groups is 1. The number of hydrogen-bond acceptors (Lipinski definition) is 4. The monoisotopic (exact) mass is 429 g/mol. The van der Waals surface area contributed by atoms with E-state index in [-0.39, 0.29) is 0 Å². The van der Waals surface area contributed by atoms with Crippen LogP contribution < -0.4 is 0 Å². The lowest BCUT2D eigenvalue weighted by molar-refractivity contribution is 0.0786. The molecule has 29 heavy (non-hydrogen) atoms. The standard InChI is InChI=1S/C24H28ClNO2S/c1-17(2)7-4-5-8-18(3)22-24(29-21-10-6-9-20(25)11-12-21)28-23(26-22)19-13-15-27-16-14-19/h5,7-12,19H,3-4,6,13-16H2,1-2H3/b8-5-. The molecule has 0 amide bonds. The molecule has 1 fully saturated rings. The van der Waals surface area contributed by atoms with Gasteiger partial charge in [-0.25, -0.2) is 4.98 Å². The van der Waals surface area contributed by atoms with E-state index in [0.717, 1.165) is 71.1 Å². The topological polar surface area (TPSA) is 35.3 Å². The third-order valence-electron chi connectivity index (χ3n) is 4.72. The normalized spacial score (nSPS) is 17.8. The zero-order valence-corrected chi connectivity index (χ0v) is 18.7. The molecule has 154 valence electrons. The van der Waals surface area contributed by atoms with Crippen LogP contribution in [0.25, 0.3) is 5.57 Å². The number of aromatic nitrogens is 1. The Bertz CT molecular complexity index is 879. The van der Waals surface area contributed by atoms with Crippen LogP contribution in [0.5, 0.6) is 0 Å². The third-order valence-corrected chi connectivity index (χ3v) is 6.00. The zero-order chi connectivity index (χ0) is 20.6. The van der Waals surface area contributed by atoms with Crippen LogP contribution in [0.15, 0.2) is 74.1 Å². The minimum absolute atomic E-state index is 0.300. The summed E-state index contributed by atoms with van der Waals surface area (Å²) in [6.07, 6.45) is 18.0. The van der Waals surface area contributed by atoms with E-state index in [1.54, 1.807) is 11.8 Å². The van der Waals surface area contributed by atoms with Gasteiger partial charge in [0.05, 0.1) is 0 Å². The highest BCUT2D eigenvalue weighted by molar-refractivity contribution is 8.03. The lowest BCUT2D eigenvalue weighted by Crippen LogP contribution is -2.14. The summed E-state index contributed by atoms with van der Waals surface area (Å²) in [5.74, 6) is 1.09. The maximum atomic E-state index is 6.26. The summed E-state index contributed by atoms with van der Waals surface area (Å²) in [7, 11) is 0. The van der Waals surface area contributed by atoms with Gasteiger partial charge in [0, 0.05) is 29.1 Å². The van der Waals surface area contributed by atoms with E-state index in [4.69, 9.17) is 25.7 Å². The molecule has 0 spiro atoms. The molecule has 1 saturated heterocycles. The van der Waals surface area contributed by atoms with Gasteiger partial charge in [-0.1, -0.05) is 65.9 Å². The van der Waals surface area contributed by atoms with Gasteiger partial charge in [0.25, 0.3) is 0 Å². The van der Waals surface area contributed by atoms with E-state index >= 15 is 0 Å². The molecule has 5 heteroatoms. The van der Waals surface area contributed by atoms with Gasteiger partial charge < -0.3 is 9.15 Å². The van der Waals surface area contributed by atoms with Crippen molar-refractivity contribution in [1.82, 2.24) is 4.98 Å². The number of oxazole rings is 1. The van der Waals surface area contributed by atoms with Crippen molar-refractivity contribution in [2.24, 2.45) is 0 Å². The maximum Gasteiger partial charge on any atom is 0.199 e. The predicted molar refractivity (Wildman–Crippen MR) is 123 cm³/mol. The van der Waals surface area contributed by atoms with Crippen LogP contribution >= 0.6 is 23.4 Å². The molecule has 3 nitrogen and oxygen atoms in total. The highest BCUT2D eigenvalue weighted by Gasteiger charge is 2.24. The molecular formula is C24H28ClNO2S. The number of rotatable bonds is 7. The van der Waals surface area contributed by atoms with E-state index < -0.39 is 0 Å². The average Bonchev–Trinajstić information content (AvgIpc) is 3.02. The van der Waals surface area contributed by atoms with Gasteiger partial charge in [0.1, 0.15) is 5.69 Å². The Hall–Kier alpha value is -1.75.